The molecule has 0 radical (unpaired) electrons. The van der Waals surface area contributed by atoms with Crippen LogP contribution in [0.3, 0.4) is 0 Å². The Kier molecular flexibility index (Phi) is 7.03. The number of nitrogens with zero attached hydrogens (tertiary/aromatic N) is 3. The molecule has 2 aromatic rings. The number of sulfone groups is 1. The van der Waals surface area contributed by atoms with Crippen LogP contribution in [-0.2, 0) is 21.2 Å². The molecule has 4 amide bonds. The third kappa shape index (κ3) is 5.06. The van der Waals surface area contributed by atoms with Gasteiger partial charge in [-0.2, -0.15) is 13.2 Å². The molecule has 13 heteroatoms. The van der Waals surface area contributed by atoms with Crippen molar-refractivity contribution in [1.82, 2.24) is 15.2 Å². The van der Waals surface area contributed by atoms with Gasteiger partial charge < -0.3 is 10.2 Å². The van der Waals surface area contributed by atoms with Gasteiger partial charge in [0.05, 0.1) is 16.1 Å². The van der Waals surface area contributed by atoms with E-state index >= 15 is 0 Å². The molecule has 1 aliphatic heterocycles. The van der Waals surface area contributed by atoms with E-state index in [-0.39, 0.29) is 36.3 Å². The average molecular weight is 525 g/mol. The van der Waals surface area contributed by atoms with Crippen molar-refractivity contribution in [2.45, 2.75) is 55.1 Å². The van der Waals surface area contributed by atoms with Crippen molar-refractivity contribution in [2.24, 2.45) is 0 Å². The van der Waals surface area contributed by atoms with Gasteiger partial charge in [-0.3, -0.25) is 14.6 Å². The second-order valence-corrected chi connectivity index (χ2v) is 10.6. The highest BCUT2D eigenvalue weighted by Gasteiger charge is 2.47. The number of amides is 4. The van der Waals surface area contributed by atoms with Crippen LogP contribution in [0.25, 0.3) is 0 Å². The first kappa shape index (κ1) is 25.6. The number of alkyl halides is 3. The van der Waals surface area contributed by atoms with Crippen molar-refractivity contribution in [2.75, 3.05) is 11.4 Å². The van der Waals surface area contributed by atoms with Gasteiger partial charge in [0, 0.05) is 25.0 Å². The maximum Gasteiger partial charge on any atom is 0.501 e. The number of nitrogens with one attached hydrogen (secondary N) is 1. The molecule has 2 aliphatic rings. The van der Waals surface area contributed by atoms with Crippen molar-refractivity contribution in [3.05, 3.63) is 53.9 Å². The van der Waals surface area contributed by atoms with Crippen molar-refractivity contribution in [3.63, 3.8) is 0 Å². The van der Waals surface area contributed by atoms with E-state index in [1.165, 1.54) is 17.3 Å². The van der Waals surface area contributed by atoms with Crippen molar-refractivity contribution >= 4 is 33.4 Å². The molecule has 36 heavy (non-hydrogen) atoms. The Bertz CT molecular complexity index is 1280. The van der Waals surface area contributed by atoms with Gasteiger partial charge in [0.2, 0.25) is 0 Å². The molecule has 1 N–H and O–H groups in total. The number of rotatable bonds is 6. The third-order valence-electron chi connectivity index (χ3n) is 6.20. The van der Waals surface area contributed by atoms with E-state index in [0.717, 1.165) is 49.1 Å². The van der Waals surface area contributed by atoms with Gasteiger partial charge in [-0.25, -0.2) is 18.1 Å². The zero-order chi connectivity index (χ0) is 26.1. The molecule has 2 heterocycles. The highest BCUT2D eigenvalue weighted by molar-refractivity contribution is 7.92. The van der Waals surface area contributed by atoms with Crippen LogP contribution in [0, 0.1) is 0 Å². The first-order chi connectivity index (χ1) is 17.0. The number of carbonyl (C=O) groups excluding carboxylic acids is 3. The van der Waals surface area contributed by atoms with E-state index in [2.05, 4.69) is 10.3 Å². The summed E-state index contributed by atoms with van der Waals surface area (Å²) < 4.78 is 61.5. The Labute approximate surface area is 205 Å². The summed E-state index contributed by atoms with van der Waals surface area (Å²) in [6, 6.07) is 4.21. The van der Waals surface area contributed by atoms with Gasteiger partial charge in [0.25, 0.3) is 21.7 Å². The third-order valence-corrected chi connectivity index (χ3v) is 7.71. The Morgan fingerprint density at radius 2 is 1.72 bits per heavy atom. The van der Waals surface area contributed by atoms with Gasteiger partial charge in [0.15, 0.2) is 0 Å². The second kappa shape index (κ2) is 9.88. The molecule has 2 fully saturated rings. The fraction of sp³-hybridized carbons (Fsp3) is 0.391. The molecule has 1 aromatic heterocycles. The van der Waals surface area contributed by atoms with Gasteiger partial charge in [0.1, 0.15) is 6.54 Å². The maximum absolute atomic E-state index is 13.0. The zero-order valence-corrected chi connectivity index (χ0v) is 19.8. The van der Waals surface area contributed by atoms with Gasteiger partial charge in [-0.05, 0) is 48.7 Å². The predicted octanol–water partition coefficient (Wildman–Crippen LogP) is 3.41. The minimum Gasteiger partial charge on any atom is -0.349 e. The standard InChI is InChI=1S/C23H23F3N4O5S/c24-23(25,26)36(34,35)18-8-6-17(7-9-18)30-20(31)14-29(22(30)33)13-15-10-11-27-12-19(15)21(32)28-16-4-2-1-3-5-16/h6-12,16H,1-5,13-14H2,(H,28,32). The predicted molar refractivity (Wildman–Crippen MR) is 122 cm³/mol. The van der Waals surface area contributed by atoms with Crippen LogP contribution in [0.2, 0.25) is 0 Å². The largest absolute Gasteiger partial charge is 0.501 e. The highest BCUT2D eigenvalue weighted by atomic mass is 32.2. The summed E-state index contributed by atoms with van der Waals surface area (Å²) in [5.41, 5.74) is -4.79. The number of benzene rings is 1. The summed E-state index contributed by atoms with van der Waals surface area (Å²) in [5.74, 6) is -0.963. The summed E-state index contributed by atoms with van der Waals surface area (Å²) in [6.45, 7) is -0.398. The maximum atomic E-state index is 13.0. The van der Waals surface area contributed by atoms with Crippen molar-refractivity contribution < 1.29 is 36.0 Å². The molecule has 1 aromatic carbocycles. The molecule has 0 unspecified atom stereocenters. The minimum absolute atomic E-state index is 0.0638. The van der Waals surface area contributed by atoms with Crippen LogP contribution in [0.5, 0.6) is 0 Å². The number of halogens is 3. The Hall–Kier alpha value is -3.48. The molecular formula is C23H23F3N4O5S. The molecule has 0 spiro atoms. The average Bonchev–Trinajstić information content (AvgIpc) is 3.12. The zero-order valence-electron chi connectivity index (χ0n) is 19.0. The summed E-state index contributed by atoms with van der Waals surface area (Å²) in [6.07, 6.45) is 7.84. The van der Waals surface area contributed by atoms with Gasteiger partial charge in [-0.15, -0.1) is 0 Å². The normalized spacial score (nSPS) is 17.5. The van der Waals surface area contributed by atoms with E-state index in [1.807, 2.05) is 0 Å². The van der Waals surface area contributed by atoms with Crippen LogP contribution in [0.15, 0.2) is 47.6 Å². The Morgan fingerprint density at radius 3 is 2.36 bits per heavy atom. The lowest BCUT2D eigenvalue weighted by Crippen LogP contribution is -2.37. The quantitative estimate of drug-likeness (QED) is 0.579. The topological polar surface area (TPSA) is 117 Å². The number of urea groups is 1. The molecule has 192 valence electrons. The highest BCUT2D eigenvalue weighted by Crippen LogP contribution is 2.32. The number of hydrogen-bond donors (Lipinski definition) is 1. The Morgan fingerprint density at radius 1 is 1.06 bits per heavy atom. The number of imide groups is 1. The van der Waals surface area contributed by atoms with E-state index in [4.69, 9.17) is 0 Å². The molecular weight excluding hydrogens is 501 g/mol. The molecule has 4 rings (SSSR count). The Balaban J connectivity index is 1.50. The van der Waals surface area contributed by atoms with E-state index in [0.29, 0.717) is 17.7 Å². The van der Waals surface area contributed by atoms with Gasteiger partial charge in [-0.1, -0.05) is 19.3 Å². The number of carbonyl (C=O) groups is 3. The SMILES string of the molecule is O=C(NC1CCCCC1)c1cnccc1CN1CC(=O)N(c2ccc(S(=O)(=O)C(F)(F)F)cc2)C1=O. The lowest BCUT2D eigenvalue weighted by atomic mass is 9.95. The second-order valence-electron chi connectivity index (χ2n) is 8.65. The lowest BCUT2D eigenvalue weighted by Gasteiger charge is -2.23. The molecule has 0 atom stereocenters. The van der Waals surface area contributed by atoms with E-state index < -0.39 is 32.2 Å². The summed E-state index contributed by atoms with van der Waals surface area (Å²) in [5, 5.41) is 2.99. The van der Waals surface area contributed by atoms with E-state index in [1.54, 1.807) is 6.07 Å². The number of anilines is 1. The van der Waals surface area contributed by atoms with E-state index in [9.17, 15) is 36.0 Å². The van der Waals surface area contributed by atoms with Crippen LogP contribution in [0.1, 0.15) is 48.0 Å². The molecule has 9 nitrogen and oxygen atoms in total. The fourth-order valence-corrected chi connectivity index (χ4v) is 5.08. The van der Waals surface area contributed by atoms with Crippen LogP contribution in [-0.4, -0.2) is 54.2 Å². The van der Waals surface area contributed by atoms with Crippen molar-refractivity contribution in [1.29, 1.82) is 0 Å². The summed E-state index contributed by atoms with van der Waals surface area (Å²) in [4.78, 5) is 43.4. The first-order valence-electron chi connectivity index (χ1n) is 11.3. The summed E-state index contributed by atoms with van der Waals surface area (Å²) in [7, 11) is -5.56. The number of pyridine rings is 1. The molecule has 1 saturated carbocycles. The number of hydrogen-bond acceptors (Lipinski definition) is 6. The minimum atomic E-state index is -5.56. The molecule has 1 aliphatic carbocycles. The number of aromatic nitrogens is 1. The molecule has 0 bridgehead atoms. The fourth-order valence-electron chi connectivity index (χ4n) is 4.32. The first-order valence-corrected chi connectivity index (χ1v) is 12.7. The monoisotopic (exact) mass is 524 g/mol. The van der Waals surface area contributed by atoms with Crippen LogP contribution in [0.4, 0.5) is 23.7 Å². The lowest BCUT2D eigenvalue weighted by molar-refractivity contribution is -0.116. The van der Waals surface area contributed by atoms with Crippen LogP contribution < -0.4 is 10.2 Å². The van der Waals surface area contributed by atoms with Crippen molar-refractivity contribution in [3.8, 4) is 0 Å². The van der Waals surface area contributed by atoms with Crippen LogP contribution >= 0.6 is 0 Å². The molecule has 1 saturated heterocycles. The summed E-state index contributed by atoms with van der Waals surface area (Å²) >= 11 is 0. The smallest absolute Gasteiger partial charge is 0.349 e. The van der Waals surface area contributed by atoms with Gasteiger partial charge >= 0.3 is 11.5 Å².